The number of likely N-dealkylation sites (tertiary alicyclic amines) is 3. The van der Waals surface area contributed by atoms with Crippen LogP contribution in [0.1, 0.15) is 100 Å². The van der Waals surface area contributed by atoms with Gasteiger partial charge in [-0.15, -0.1) is 0 Å². The number of carboxylic acids is 2. The largest absolute Gasteiger partial charge is 0.481 e. The minimum Gasteiger partial charge on any atom is -0.481 e. The van der Waals surface area contributed by atoms with E-state index in [9.17, 15) is 57.8 Å². The Hall–Kier alpha value is -5.87. The third-order valence-electron chi connectivity index (χ3n) is 11.7. The molecule has 23 heteroatoms. The van der Waals surface area contributed by atoms with E-state index in [0.717, 1.165) is 0 Å². The van der Waals surface area contributed by atoms with Gasteiger partial charge in [-0.25, -0.2) is 4.79 Å². The molecule has 3 rings (SSSR count). The van der Waals surface area contributed by atoms with E-state index in [-0.39, 0.29) is 32.5 Å². The molecule has 23 nitrogen and oxygen atoms in total. The van der Waals surface area contributed by atoms with Crippen molar-refractivity contribution in [3.63, 3.8) is 0 Å². The molecule has 0 aromatic rings. The number of carboxylic acid groups (broad SMARTS) is 2. The van der Waals surface area contributed by atoms with Crippen LogP contribution in [-0.4, -0.2) is 170 Å². The van der Waals surface area contributed by atoms with Gasteiger partial charge in [-0.1, -0.05) is 27.7 Å². The second kappa shape index (κ2) is 23.2. The number of rotatable bonds is 20. The summed E-state index contributed by atoms with van der Waals surface area (Å²) in [5.41, 5.74) is 5.58. The molecule has 3 saturated heterocycles. The summed E-state index contributed by atoms with van der Waals surface area (Å²) in [5.74, 6) is -9.20. The third-order valence-corrected chi connectivity index (χ3v) is 11.7. The highest BCUT2D eigenvalue weighted by Crippen LogP contribution is 2.23. The minimum atomic E-state index is -1.38. The van der Waals surface area contributed by atoms with Crippen molar-refractivity contribution in [2.75, 3.05) is 19.6 Å². The summed E-state index contributed by atoms with van der Waals surface area (Å²) in [6.45, 7) is 12.9. The average Bonchev–Trinajstić information content (AvgIpc) is 4.02. The summed E-state index contributed by atoms with van der Waals surface area (Å²) in [4.78, 5) is 146. The molecule has 358 valence electrons. The van der Waals surface area contributed by atoms with Gasteiger partial charge < -0.3 is 62.5 Å². The zero-order valence-corrected chi connectivity index (χ0v) is 37.8. The summed E-state index contributed by atoms with van der Waals surface area (Å²) in [6.07, 6.45) is 1.60. The topological polar surface area (TPSA) is 336 Å². The summed E-state index contributed by atoms with van der Waals surface area (Å²) < 4.78 is 0. The molecule has 0 saturated carbocycles. The van der Waals surface area contributed by atoms with Crippen molar-refractivity contribution < 1.29 is 63.0 Å². The minimum absolute atomic E-state index is 0.179. The van der Waals surface area contributed by atoms with Gasteiger partial charge in [0.15, 0.2) is 0 Å². The van der Waals surface area contributed by atoms with Crippen LogP contribution in [0.2, 0.25) is 0 Å². The van der Waals surface area contributed by atoms with Gasteiger partial charge in [0.25, 0.3) is 0 Å². The number of hydrogen-bond acceptors (Lipinski definition) is 12. The van der Waals surface area contributed by atoms with Gasteiger partial charge in [0.2, 0.25) is 53.2 Å². The molecule has 64 heavy (non-hydrogen) atoms. The van der Waals surface area contributed by atoms with Crippen LogP contribution in [0.25, 0.3) is 0 Å². The van der Waals surface area contributed by atoms with Gasteiger partial charge in [0.05, 0.1) is 12.5 Å². The molecular weight excluding hydrogens is 841 g/mol. The maximum absolute atomic E-state index is 13.8. The third kappa shape index (κ3) is 13.6. The van der Waals surface area contributed by atoms with Crippen molar-refractivity contribution in [3.8, 4) is 0 Å². The second-order valence-electron chi connectivity index (χ2n) is 17.5. The first kappa shape index (κ1) is 52.5. The first-order valence-electron chi connectivity index (χ1n) is 21.8. The van der Waals surface area contributed by atoms with Crippen molar-refractivity contribution in [1.29, 1.82) is 0 Å². The lowest BCUT2D eigenvalue weighted by molar-refractivity contribution is -0.146. The smallest absolute Gasteiger partial charge is 0.326 e. The van der Waals surface area contributed by atoms with E-state index in [1.54, 1.807) is 27.7 Å². The maximum atomic E-state index is 13.8. The normalized spacial score (nSPS) is 21.7. The van der Waals surface area contributed by atoms with Crippen LogP contribution in [-0.2, 0) is 52.7 Å². The van der Waals surface area contributed by atoms with Crippen LogP contribution >= 0.6 is 0 Å². The highest BCUT2D eigenvalue weighted by molar-refractivity contribution is 5.99. The van der Waals surface area contributed by atoms with Gasteiger partial charge in [-0.05, 0) is 78.1 Å². The molecule has 0 radical (unpaired) electrons. The fourth-order valence-corrected chi connectivity index (χ4v) is 7.95. The molecule has 3 aliphatic rings. The zero-order chi connectivity index (χ0) is 48.3. The summed E-state index contributed by atoms with van der Waals surface area (Å²) in [5, 5.41) is 33.7. The van der Waals surface area contributed by atoms with Crippen LogP contribution in [0.3, 0.4) is 0 Å². The number of aliphatic carboxylic acids is 2. The number of carbonyl (C=O) groups is 11. The van der Waals surface area contributed by atoms with E-state index in [0.29, 0.717) is 25.7 Å². The fourth-order valence-electron chi connectivity index (χ4n) is 7.95. The Bertz CT molecular complexity index is 1810. The lowest BCUT2D eigenvalue weighted by atomic mass is 10.0. The first-order chi connectivity index (χ1) is 29.9. The van der Waals surface area contributed by atoms with E-state index in [2.05, 4.69) is 31.9 Å². The van der Waals surface area contributed by atoms with Gasteiger partial charge in [-0.3, -0.25) is 47.9 Å². The van der Waals surface area contributed by atoms with Crippen LogP contribution < -0.4 is 37.6 Å². The Morgan fingerprint density at radius 1 is 0.484 bits per heavy atom. The first-order valence-corrected chi connectivity index (χ1v) is 21.8. The standard InChI is InChI=1S/C41H66N10O13/c1-19(2)30(40(62)51-17-11-14-28(51)37(59)48-31(20(3)4)41(63)64)47-33(55)22(6)44-36(58)27-13-9-15-49(27)38(60)23(7)45-32(54)21(5)43-35(57)26-12-10-16-50(26)39(61)24(8)46-34(56)25(42)18-29(52)53/h19-28,30-31H,9-18,42H2,1-8H3,(H,43,57)(H,44,58)(H,45,54)(H,46,56)(H,47,55)(H,48,59)(H,52,53)(H,63,64)/t21-,22-,23-,24-,25-,26-,27-,28-,30-,31-/m0/s1. The molecule has 9 amide bonds. The Labute approximate surface area is 372 Å². The number of hydrogen-bond donors (Lipinski definition) is 9. The van der Waals surface area contributed by atoms with E-state index in [1.165, 1.54) is 42.4 Å². The SMILES string of the molecule is CC(C)[C@H](NC(=O)[C@@H]1CCCN1C(=O)[C@@H](NC(=O)[C@H](C)NC(=O)[C@@H]1CCCN1C(=O)[C@H](C)NC(=O)[C@H](C)NC(=O)[C@@H]1CCCN1C(=O)[C@H](C)NC(=O)[C@@H](N)CC(=O)O)C(C)C)C(=O)O. The van der Waals surface area contributed by atoms with Crippen molar-refractivity contribution in [2.45, 2.75) is 161 Å². The Morgan fingerprint density at radius 3 is 1.22 bits per heavy atom. The molecule has 0 aliphatic carbocycles. The maximum Gasteiger partial charge on any atom is 0.326 e. The highest BCUT2D eigenvalue weighted by atomic mass is 16.4. The number of nitrogens with one attached hydrogen (secondary N) is 6. The van der Waals surface area contributed by atoms with Crippen molar-refractivity contribution >= 4 is 65.1 Å². The molecule has 0 spiro atoms. The number of amides is 9. The van der Waals surface area contributed by atoms with Gasteiger partial charge in [-0.2, -0.15) is 0 Å². The summed E-state index contributed by atoms with van der Waals surface area (Å²) >= 11 is 0. The van der Waals surface area contributed by atoms with Crippen LogP contribution in [0.15, 0.2) is 0 Å². The molecule has 0 bridgehead atoms. The van der Waals surface area contributed by atoms with E-state index < -0.39 is 144 Å². The molecule has 0 aromatic carbocycles. The predicted octanol–water partition coefficient (Wildman–Crippen LogP) is -2.85. The predicted molar refractivity (Wildman–Crippen MR) is 226 cm³/mol. The van der Waals surface area contributed by atoms with Crippen molar-refractivity contribution in [2.24, 2.45) is 17.6 Å². The lowest BCUT2D eigenvalue weighted by Gasteiger charge is -2.32. The Morgan fingerprint density at radius 2 is 0.844 bits per heavy atom. The average molecular weight is 907 g/mol. The zero-order valence-electron chi connectivity index (χ0n) is 37.8. The van der Waals surface area contributed by atoms with E-state index >= 15 is 0 Å². The quantitative estimate of drug-likeness (QED) is 0.0594. The molecular formula is C41H66N10O13. The van der Waals surface area contributed by atoms with Crippen molar-refractivity contribution in [1.82, 2.24) is 46.6 Å². The lowest BCUT2D eigenvalue weighted by Crippen LogP contribution is -2.60. The van der Waals surface area contributed by atoms with Gasteiger partial charge in [0, 0.05) is 19.6 Å². The number of nitrogens with two attached hydrogens (primary N) is 1. The van der Waals surface area contributed by atoms with Crippen LogP contribution in [0, 0.1) is 11.8 Å². The highest BCUT2D eigenvalue weighted by Gasteiger charge is 2.42. The molecule has 10 atom stereocenters. The van der Waals surface area contributed by atoms with Crippen LogP contribution in [0.5, 0.6) is 0 Å². The van der Waals surface area contributed by atoms with Crippen LogP contribution in [0.4, 0.5) is 0 Å². The monoisotopic (exact) mass is 906 g/mol. The molecule has 3 heterocycles. The van der Waals surface area contributed by atoms with E-state index in [4.69, 9.17) is 10.8 Å². The second-order valence-corrected chi connectivity index (χ2v) is 17.5. The van der Waals surface area contributed by atoms with Crippen molar-refractivity contribution in [3.05, 3.63) is 0 Å². The molecule has 3 fully saturated rings. The summed E-state index contributed by atoms with van der Waals surface area (Å²) in [6, 6.07) is -11.1. The van der Waals surface area contributed by atoms with Gasteiger partial charge >= 0.3 is 11.9 Å². The molecule has 3 aliphatic heterocycles. The Balaban J connectivity index is 1.55. The molecule has 0 aromatic heterocycles. The summed E-state index contributed by atoms with van der Waals surface area (Å²) in [7, 11) is 0. The Kier molecular flexibility index (Phi) is 19.0. The fraction of sp³-hybridized carbons (Fsp3) is 0.732. The number of nitrogens with zero attached hydrogens (tertiary/aromatic N) is 3. The van der Waals surface area contributed by atoms with E-state index in [1.807, 2.05) is 0 Å². The molecule has 0 unspecified atom stereocenters. The number of carbonyl (C=O) groups excluding carboxylic acids is 9. The van der Waals surface area contributed by atoms with Gasteiger partial charge in [0.1, 0.15) is 54.4 Å². The molecule has 10 N–H and O–H groups in total.